The summed E-state index contributed by atoms with van der Waals surface area (Å²) in [6.45, 7) is 2.37. The highest BCUT2D eigenvalue weighted by molar-refractivity contribution is 7.99. The van der Waals surface area contributed by atoms with E-state index in [1.165, 1.54) is 11.8 Å². The van der Waals surface area contributed by atoms with E-state index in [1.54, 1.807) is 9.58 Å². The van der Waals surface area contributed by atoms with Gasteiger partial charge in [-0.15, -0.1) is 5.10 Å². The van der Waals surface area contributed by atoms with Crippen LogP contribution in [-0.4, -0.2) is 49.7 Å². The van der Waals surface area contributed by atoms with Crippen molar-refractivity contribution < 1.29 is 8.78 Å². The molecule has 0 bridgehead atoms. The first-order valence-electron chi connectivity index (χ1n) is 9.57. The quantitative estimate of drug-likeness (QED) is 0.304. The number of halogens is 3. The molecular formula is C19H21ClF2N6S. The maximum atomic E-state index is 13.8. The van der Waals surface area contributed by atoms with Gasteiger partial charge >= 0.3 is 0 Å². The number of unbranched alkanes of at least 4 members (excludes halogenated alkanes) is 1. The van der Waals surface area contributed by atoms with Gasteiger partial charge in [-0.3, -0.25) is 0 Å². The average molecular weight is 439 g/mol. The van der Waals surface area contributed by atoms with E-state index >= 15 is 0 Å². The van der Waals surface area contributed by atoms with E-state index in [1.807, 2.05) is 24.3 Å². The predicted octanol–water partition coefficient (Wildman–Crippen LogP) is 4.66. The summed E-state index contributed by atoms with van der Waals surface area (Å²) in [7, 11) is 0. The van der Waals surface area contributed by atoms with E-state index in [2.05, 4.69) is 27.2 Å². The lowest BCUT2D eigenvalue weighted by Crippen LogP contribution is -2.26. The molecule has 0 atom stereocenters. The molecule has 2 aromatic heterocycles. The zero-order valence-electron chi connectivity index (χ0n) is 16.0. The highest BCUT2D eigenvalue weighted by Crippen LogP contribution is 2.34. The van der Waals surface area contributed by atoms with Crippen LogP contribution in [0.15, 0.2) is 29.4 Å². The van der Waals surface area contributed by atoms with Gasteiger partial charge in [-0.1, -0.05) is 60.1 Å². The number of benzene rings is 1. The first kappa shape index (κ1) is 20.3. The Kier molecular flexibility index (Phi) is 5.87. The standard InChI is InChI=1S/C19H21ClF2N6S/c1-2-3-10-29-18-23-16(27-9-8-19(21,22)12-27)15-17(24-18)28(26-25-15)11-13-6-4-5-7-14(13)20/h4-7H,2-3,8-12H2,1H3. The fourth-order valence-corrected chi connectivity index (χ4v) is 4.34. The topological polar surface area (TPSA) is 59.7 Å². The average Bonchev–Trinajstić information content (AvgIpc) is 3.26. The van der Waals surface area contributed by atoms with Gasteiger partial charge in [0.2, 0.25) is 0 Å². The molecule has 10 heteroatoms. The number of aromatic nitrogens is 5. The fraction of sp³-hybridized carbons (Fsp3) is 0.474. The van der Waals surface area contributed by atoms with Gasteiger partial charge < -0.3 is 4.90 Å². The molecule has 1 fully saturated rings. The fourth-order valence-electron chi connectivity index (χ4n) is 3.23. The van der Waals surface area contributed by atoms with Gasteiger partial charge in [0, 0.05) is 23.7 Å². The molecule has 3 aromatic rings. The second-order valence-electron chi connectivity index (χ2n) is 7.07. The maximum absolute atomic E-state index is 13.8. The number of hydrogen-bond acceptors (Lipinski definition) is 6. The summed E-state index contributed by atoms with van der Waals surface area (Å²) in [5.74, 6) is -1.43. The van der Waals surface area contributed by atoms with E-state index in [9.17, 15) is 8.78 Å². The molecule has 0 N–H and O–H groups in total. The van der Waals surface area contributed by atoms with Crippen LogP contribution in [0.2, 0.25) is 5.02 Å². The normalized spacial score (nSPS) is 16.1. The smallest absolute Gasteiger partial charge is 0.266 e. The third kappa shape index (κ3) is 4.45. The first-order valence-corrected chi connectivity index (χ1v) is 10.9. The van der Waals surface area contributed by atoms with Gasteiger partial charge in [0.15, 0.2) is 22.1 Å². The van der Waals surface area contributed by atoms with Gasteiger partial charge in [0.1, 0.15) is 0 Å². The predicted molar refractivity (Wildman–Crippen MR) is 111 cm³/mol. The second-order valence-corrected chi connectivity index (χ2v) is 8.54. The molecule has 0 spiro atoms. The van der Waals surface area contributed by atoms with Crippen molar-refractivity contribution in [2.45, 2.75) is 43.8 Å². The van der Waals surface area contributed by atoms with Crippen molar-refractivity contribution in [3.8, 4) is 0 Å². The molecule has 1 aliphatic rings. The molecule has 1 saturated heterocycles. The van der Waals surface area contributed by atoms with Crippen LogP contribution in [0.4, 0.5) is 14.6 Å². The van der Waals surface area contributed by atoms with E-state index < -0.39 is 5.92 Å². The van der Waals surface area contributed by atoms with E-state index in [-0.39, 0.29) is 19.5 Å². The van der Waals surface area contributed by atoms with Gasteiger partial charge in [-0.05, 0) is 18.1 Å². The summed E-state index contributed by atoms with van der Waals surface area (Å²) in [6, 6.07) is 7.49. The van der Waals surface area contributed by atoms with Crippen LogP contribution in [0.3, 0.4) is 0 Å². The van der Waals surface area contributed by atoms with Crippen LogP contribution in [0, 0.1) is 0 Å². The molecule has 3 heterocycles. The molecule has 1 aromatic carbocycles. The van der Waals surface area contributed by atoms with Crippen LogP contribution < -0.4 is 4.90 Å². The zero-order valence-corrected chi connectivity index (χ0v) is 17.6. The molecule has 1 aliphatic heterocycles. The van der Waals surface area contributed by atoms with Crippen molar-refractivity contribution in [3.05, 3.63) is 34.9 Å². The van der Waals surface area contributed by atoms with Gasteiger partial charge in [0.25, 0.3) is 5.92 Å². The first-order chi connectivity index (χ1) is 14.0. The Hall–Kier alpha value is -2.00. The van der Waals surface area contributed by atoms with Crippen LogP contribution in [0.25, 0.3) is 11.2 Å². The van der Waals surface area contributed by atoms with Crippen molar-refractivity contribution in [3.63, 3.8) is 0 Å². The molecule has 0 saturated carbocycles. The van der Waals surface area contributed by atoms with Crippen molar-refractivity contribution in [1.82, 2.24) is 25.0 Å². The lowest BCUT2D eigenvalue weighted by molar-refractivity contribution is 0.0257. The van der Waals surface area contributed by atoms with Crippen LogP contribution >= 0.6 is 23.4 Å². The summed E-state index contributed by atoms with van der Waals surface area (Å²) in [4.78, 5) is 10.8. The van der Waals surface area contributed by atoms with E-state index in [4.69, 9.17) is 11.6 Å². The number of anilines is 1. The van der Waals surface area contributed by atoms with Gasteiger partial charge in [-0.2, -0.15) is 0 Å². The number of hydrogen-bond donors (Lipinski definition) is 0. The van der Waals surface area contributed by atoms with Crippen molar-refractivity contribution in [2.24, 2.45) is 0 Å². The molecule has 0 aliphatic carbocycles. The summed E-state index contributed by atoms with van der Waals surface area (Å²) >= 11 is 7.81. The third-order valence-electron chi connectivity index (χ3n) is 4.80. The second kappa shape index (κ2) is 8.39. The molecule has 0 unspecified atom stereocenters. The number of fused-ring (bicyclic) bond motifs is 1. The molecule has 6 nitrogen and oxygen atoms in total. The van der Waals surface area contributed by atoms with Crippen LogP contribution in [0.1, 0.15) is 31.7 Å². The summed E-state index contributed by atoms with van der Waals surface area (Å²) in [5, 5.41) is 9.62. The van der Waals surface area contributed by atoms with E-state index in [0.717, 1.165) is 24.2 Å². The lowest BCUT2D eigenvalue weighted by atomic mass is 10.2. The minimum absolute atomic E-state index is 0.190. The molecule has 4 rings (SSSR count). The largest absolute Gasteiger partial charge is 0.348 e. The Morgan fingerprint density at radius 1 is 1.24 bits per heavy atom. The Balaban J connectivity index is 1.73. The van der Waals surface area contributed by atoms with Crippen LogP contribution in [-0.2, 0) is 6.54 Å². The van der Waals surface area contributed by atoms with Crippen molar-refractivity contribution in [2.75, 3.05) is 23.7 Å². The van der Waals surface area contributed by atoms with Crippen molar-refractivity contribution in [1.29, 1.82) is 0 Å². The van der Waals surface area contributed by atoms with Gasteiger partial charge in [0.05, 0.1) is 13.1 Å². The maximum Gasteiger partial charge on any atom is 0.266 e. The Bertz CT molecular complexity index is 1010. The Morgan fingerprint density at radius 2 is 2.07 bits per heavy atom. The highest BCUT2D eigenvalue weighted by Gasteiger charge is 2.40. The summed E-state index contributed by atoms with van der Waals surface area (Å²) in [5.41, 5.74) is 1.85. The third-order valence-corrected chi connectivity index (χ3v) is 6.10. The van der Waals surface area contributed by atoms with Crippen molar-refractivity contribution >= 4 is 40.3 Å². The minimum Gasteiger partial charge on any atom is -0.348 e. The molecule has 154 valence electrons. The molecule has 29 heavy (non-hydrogen) atoms. The van der Waals surface area contributed by atoms with E-state index in [0.29, 0.717) is 33.7 Å². The lowest BCUT2D eigenvalue weighted by Gasteiger charge is -2.17. The molecular weight excluding hydrogens is 418 g/mol. The SMILES string of the molecule is CCCCSc1nc(N2CCC(F)(F)C2)c2nnn(Cc3ccccc3Cl)c2n1. The minimum atomic E-state index is -2.72. The monoisotopic (exact) mass is 438 g/mol. The number of alkyl halides is 2. The number of thioether (sulfide) groups is 1. The molecule has 0 radical (unpaired) electrons. The summed E-state index contributed by atoms with van der Waals surface area (Å²) in [6.07, 6.45) is 1.90. The van der Waals surface area contributed by atoms with Crippen LogP contribution in [0.5, 0.6) is 0 Å². The number of nitrogens with zero attached hydrogens (tertiary/aromatic N) is 6. The summed E-state index contributed by atoms with van der Waals surface area (Å²) < 4.78 is 29.3. The highest BCUT2D eigenvalue weighted by atomic mass is 35.5. The number of rotatable bonds is 7. The molecule has 0 amide bonds. The Labute approximate surface area is 176 Å². The van der Waals surface area contributed by atoms with Gasteiger partial charge in [-0.25, -0.2) is 23.4 Å². The zero-order chi connectivity index (χ0) is 20.4. The Morgan fingerprint density at radius 3 is 2.79 bits per heavy atom.